The Morgan fingerprint density at radius 1 is 0.317 bits per heavy atom. The Labute approximate surface area is 370 Å². The Balaban J connectivity index is 1.09. The predicted molar refractivity (Wildman–Crippen MR) is 266 cm³/mol. The van der Waals surface area contributed by atoms with Gasteiger partial charge in [-0.15, -0.1) is 0 Å². The molecule has 2 aliphatic rings. The van der Waals surface area contributed by atoms with Crippen LogP contribution < -0.4 is 4.90 Å². The Morgan fingerprint density at radius 2 is 0.841 bits per heavy atom. The third-order valence-electron chi connectivity index (χ3n) is 14.6. The molecule has 0 bridgehead atoms. The zero-order valence-corrected chi connectivity index (χ0v) is 35.7. The fourth-order valence-corrected chi connectivity index (χ4v) is 11.5. The zero-order chi connectivity index (χ0) is 42.1. The smallest absolute Gasteiger partial charge is 0.0714 e. The van der Waals surface area contributed by atoms with Crippen LogP contribution in [0.2, 0.25) is 0 Å². The van der Waals surface area contributed by atoms with Crippen molar-refractivity contribution in [2.75, 3.05) is 4.90 Å². The Morgan fingerprint density at radius 3 is 1.54 bits per heavy atom. The molecule has 10 aromatic carbocycles. The summed E-state index contributed by atoms with van der Waals surface area (Å²) in [7, 11) is 0. The van der Waals surface area contributed by atoms with Gasteiger partial charge in [-0.2, -0.15) is 0 Å². The molecule has 12 rings (SSSR count). The molecule has 10 aromatic rings. The van der Waals surface area contributed by atoms with Crippen molar-refractivity contribution in [3.8, 4) is 33.4 Å². The maximum absolute atomic E-state index is 2.49. The fourth-order valence-electron chi connectivity index (χ4n) is 11.5. The van der Waals surface area contributed by atoms with Gasteiger partial charge in [-0.25, -0.2) is 0 Å². The van der Waals surface area contributed by atoms with E-state index in [-0.39, 0.29) is 5.41 Å². The molecule has 0 radical (unpaired) electrons. The highest BCUT2D eigenvalue weighted by atomic mass is 15.1. The van der Waals surface area contributed by atoms with Crippen LogP contribution in [0.25, 0.3) is 54.9 Å². The predicted octanol–water partition coefficient (Wildman–Crippen LogP) is 16.6. The van der Waals surface area contributed by atoms with Gasteiger partial charge in [0.1, 0.15) is 0 Å². The molecule has 0 spiro atoms. The Kier molecular flexibility index (Phi) is 8.63. The van der Waals surface area contributed by atoms with Gasteiger partial charge in [0.15, 0.2) is 0 Å². The summed E-state index contributed by atoms with van der Waals surface area (Å²) in [5.41, 5.74) is 18.6. The quantitative estimate of drug-likeness (QED) is 0.148. The number of hydrogen-bond donors (Lipinski definition) is 0. The summed E-state index contributed by atoms with van der Waals surface area (Å²) in [5.74, 6) is 0. The average molecular weight is 806 g/mol. The molecule has 1 heteroatoms. The first-order chi connectivity index (χ1) is 31.1. The van der Waals surface area contributed by atoms with Crippen LogP contribution in [-0.4, -0.2) is 0 Å². The Hall–Kier alpha value is -7.48. The summed E-state index contributed by atoms with van der Waals surface area (Å²) in [6.45, 7) is 4.73. The molecule has 0 amide bonds. The summed E-state index contributed by atoms with van der Waals surface area (Å²) in [4.78, 5) is 2.49. The maximum atomic E-state index is 2.49. The SMILES string of the molecule is CCC1(CC)c2ccc(N(c3ccc(-c4ccc5ccccc5c4)cc3)c3ccc4c(c3)C(c3ccccc3)(c3ccccc3)c3ccccc3-4)cc2-c2cc3ccccc3cc21. The second-order valence-electron chi connectivity index (χ2n) is 17.5. The molecule has 63 heavy (non-hydrogen) atoms. The van der Waals surface area contributed by atoms with Crippen LogP contribution >= 0.6 is 0 Å². The van der Waals surface area contributed by atoms with Gasteiger partial charge < -0.3 is 4.90 Å². The lowest BCUT2D eigenvalue weighted by Crippen LogP contribution is -2.28. The van der Waals surface area contributed by atoms with Crippen molar-refractivity contribution in [3.63, 3.8) is 0 Å². The molecule has 0 saturated carbocycles. The van der Waals surface area contributed by atoms with Crippen LogP contribution in [0.15, 0.2) is 224 Å². The Bertz CT molecular complexity index is 3320. The highest BCUT2D eigenvalue weighted by Crippen LogP contribution is 2.58. The van der Waals surface area contributed by atoms with Crippen LogP contribution in [0.1, 0.15) is 60.1 Å². The minimum Gasteiger partial charge on any atom is -0.310 e. The van der Waals surface area contributed by atoms with Crippen molar-refractivity contribution in [1.29, 1.82) is 0 Å². The maximum Gasteiger partial charge on any atom is 0.0714 e. The summed E-state index contributed by atoms with van der Waals surface area (Å²) in [6, 6.07) is 84.2. The molecular weight excluding hydrogens is 759 g/mol. The first-order valence-electron chi connectivity index (χ1n) is 22.5. The van der Waals surface area contributed by atoms with E-state index < -0.39 is 5.41 Å². The third kappa shape index (κ3) is 5.56. The van der Waals surface area contributed by atoms with E-state index in [1.54, 1.807) is 0 Å². The second kappa shape index (κ2) is 14.6. The van der Waals surface area contributed by atoms with Crippen LogP contribution in [0.3, 0.4) is 0 Å². The summed E-state index contributed by atoms with van der Waals surface area (Å²) in [6.07, 6.45) is 2.10. The molecule has 0 aliphatic heterocycles. The standard InChI is InChI=1S/C62H47N/c1-3-61(4-2)57-36-34-51(40-56(57)55-38-45-19-13-14-20-46(45)39-59(55)61)63(50-31-29-43(30-32-50)47-28-27-42-17-11-12-18-44(42)37-47)52-33-35-54-53-25-15-16-26-58(53)62(60(54)41-52,48-21-7-5-8-22-48)49-23-9-6-10-24-49/h5-41H,3-4H2,1-2H3. The molecule has 0 unspecified atom stereocenters. The summed E-state index contributed by atoms with van der Waals surface area (Å²) < 4.78 is 0. The fraction of sp³-hybridized carbons (Fsp3) is 0.0968. The molecular formula is C62H47N. The first kappa shape index (κ1) is 37.3. The second-order valence-corrected chi connectivity index (χ2v) is 17.5. The van der Waals surface area contributed by atoms with Crippen molar-refractivity contribution in [2.24, 2.45) is 0 Å². The third-order valence-corrected chi connectivity index (χ3v) is 14.6. The van der Waals surface area contributed by atoms with Crippen molar-refractivity contribution in [2.45, 2.75) is 37.5 Å². The minimum absolute atomic E-state index is 0.0378. The topological polar surface area (TPSA) is 3.24 Å². The van der Waals surface area contributed by atoms with Gasteiger partial charge in [-0.05, 0) is 156 Å². The van der Waals surface area contributed by atoms with E-state index in [1.165, 1.54) is 88.3 Å². The lowest BCUT2D eigenvalue weighted by atomic mass is 9.67. The number of hydrogen-bond acceptors (Lipinski definition) is 1. The van der Waals surface area contributed by atoms with Crippen LogP contribution in [0.5, 0.6) is 0 Å². The molecule has 0 heterocycles. The largest absolute Gasteiger partial charge is 0.310 e. The number of nitrogens with zero attached hydrogens (tertiary/aromatic N) is 1. The van der Waals surface area contributed by atoms with Gasteiger partial charge >= 0.3 is 0 Å². The van der Waals surface area contributed by atoms with Crippen LogP contribution in [0.4, 0.5) is 17.1 Å². The van der Waals surface area contributed by atoms with Crippen LogP contribution in [-0.2, 0) is 10.8 Å². The van der Waals surface area contributed by atoms with Gasteiger partial charge in [0.05, 0.1) is 5.41 Å². The molecule has 0 aromatic heterocycles. The first-order valence-corrected chi connectivity index (χ1v) is 22.5. The van der Waals surface area contributed by atoms with Crippen LogP contribution in [0, 0.1) is 0 Å². The van der Waals surface area contributed by atoms with Crippen molar-refractivity contribution in [1.82, 2.24) is 0 Å². The molecule has 2 aliphatic carbocycles. The zero-order valence-electron chi connectivity index (χ0n) is 35.7. The lowest BCUT2D eigenvalue weighted by Gasteiger charge is -2.35. The van der Waals surface area contributed by atoms with Gasteiger partial charge in [0, 0.05) is 22.5 Å². The van der Waals surface area contributed by atoms with Crippen molar-refractivity contribution >= 4 is 38.6 Å². The lowest BCUT2D eigenvalue weighted by molar-refractivity contribution is 0.491. The van der Waals surface area contributed by atoms with E-state index >= 15 is 0 Å². The van der Waals surface area contributed by atoms with Crippen molar-refractivity contribution < 1.29 is 0 Å². The molecule has 0 N–H and O–H groups in total. The average Bonchev–Trinajstić information content (AvgIpc) is 3.80. The van der Waals surface area contributed by atoms with Crippen molar-refractivity contribution in [3.05, 3.63) is 258 Å². The molecule has 0 saturated heterocycles. The van der Waals surface area contributed by atoms with E-state index in [2.05, 4.69) is 243 Å². The number of rotatable bonds is 8. The number of benzene rings is 10. The summed E-state index contributed by atoms with van der Waals surface area (Å²) >= 11 is 0. The van der Waals surface area contributed by atoms with E-state index in [1.807, 2.05) is 0 Å². The highest BCUT2D eigenvalue weighted by molar-refractivity contribution is 5.96. The molecule has 0 atom stereocenters. The monoisotopic (exact) mass is 805 g/mol. The van der Waals surface area contributed by atoms with Gasteiger partial charge in [-0.1, -0.05) is 184 Å². The molecule has 0 fully saturated rings. The number of fused-ring (bicyclic) bond motifs is 8. The summed E-state index contributed by atoms with van der Waals surface area (Å²) in [5, 5.41) is 5.10. The van der Waals surface area contributed by atoms with E-state index in [0.717, 1.165) is 29.9 Å². The van der Waals surface area contributed by atoms with Gasteiger partial charge in [0.25, 0.3) is 0 Å². The number of anilines is 3. The van der Waals surface area contributed by atoms with E-state index in [9.17, 15) is 0 Å². The van der Waals surface area contributed by atoms with E-state index in [4.69, 9.17) is 0 Å². The van der Waals surface area contributed by atoms with Gasteiger partial charge in [0.2, 0.25) is 0 Å². The normalized spacial score (nSPS) is 13.9. The van der Waals surface area contributed by atoms with Gasteiger partial charge in [-0.3, -0.25) is 0 Å². The highest BCUT2D eigenvalue weighted by Gasteiger charge is 2.46. The van der Waals surface area contributed by atoms with E-state index in [0.29, 0.717) is 0 Å². The molecule has 1 nitrogen and oxygen atoms in total. The molecule has 300 valence electrons. The minimum atomic E-state index is -0.504.